The number of benzene rings is 1. The van der Waals surface area contributed by atoms with Crippen molar-refractivity contribution in [3.63, 3.8) is 0 Å². The third-order valence-corrected chi connectivity index (χ3v) is 3.78. The highest BCUT2D eigenvalue weighted by Gasteiger charge is 2.12. The van der Waals surface area contributed by atoms with Crippen molar-refractivity contribution >= 4 is 26.9 Å². The minimum absolute atomic E-state index is 0.497. The lowest BCUT2D eigenvalue weighted by Gasteiger charge is -2.01. The molecule has 3 rings (SSSR count). The molecule has 0 saturated carbocycles. The highest BCUT2D eigenvalue weighted by atomic mass is 79.9. The second-order valence-corrected chi connectivity index (χ2v) is 5.15. The minimum Gasteiger partial charge on any atom is -0.460 e. The Labute approximate surface area is 125 Å². The summed E-state index contributed by atoms with van der Waals surface area (Å²) in [5.41, 5.74) is 3.93. The molecule has 4 heteroatoms. The molecule has 0 aliphatic carbocycles. The second-order valence-electron chi connectivity index (χ2n) is 4.58. The number of alkyl halides is 1. The number of fused-ring (bicyclic) bond motifs is 1. The standard InChI is InChI=1S/C16H14BrNO2/c1-11-14-7-15(19-10-12-5-3-2-4-6-12)20-16(14)13(8-17)9-18-11/h2-7,9H,8,10H2,1H3. The van der Waals surface area contributed by atoms with Crippen molar-refractivity contribution in [1.82, 2.24) is 4.98 Å². The number of hydrogen-bond acceptors (Lipinski definition) is 3. The van der Waals surface area contributed by atoms with Gasteiger partial charge in [0, 0.05) is 34.2 Å². The number of rotatable bonds is 4. The Balaban J connectivity index is 1.88. The van der Waals surface area contributed by atoms with E-state index < -0.39 is 0 Å². The quantitative estimate of drug-likeness (QED) is 0.655. The van der Waals surface area contributed by atoms with Gasteiger partial charge in [-0.15, -0.1) is 0 Å². The summed E-state index contributed by atoms with van der Waals surface area (Å²) in [6.07, 6.45) is 1.83. The van der Waals surface area contributed by atoms with E-state index in [1.807, 2.05) is 49.5 Å². The SMILES string of the molecule is Cc1ncc(CBr)c2oc(OCc3ccccc3)cc12. The van der Waals surface area contributed by atoms with Gasteiger partial charge in [-0.3, -0.25) is 4.98 Å². The van der Waals surface area contributed by atoms with Gasteiger partial charge in [-0.05, 0) is 12.5 Å². The summed E-state index contributed by atoms with van der Waals surface area (Å²) < 4.78 is 11.5. The van der Waals surface area contributed by atoms with E-state index in [-0.39, 0.29) is 0 Å². The molecule has 0 spiro atoms. The van der Waals surface area contributed by atoms with E-state index in [0.717, 1.165) is 27.8 Å². The van der Waals surface area contributed by atoms with Gasteiger partial charge in [-0.25, -0.2) is 0 Å². The molecular weight excluding hydrogens is 318 g/mol. The largest absolute Gasteiger partial charge is 0.460 e. The van der Waals surface area contributed by atoms with Crippen LogP contribution in [0.3, 0.4) is 0 Å². The molecule has 2 heterocycles. The van der Waals surface area contributed by atoms with Crippen LogP contribution < -0.4 is 4.74 Å². The number of halogens is 1. The van der Waals surface area contributed by atoms with Gasteiger partial charge in [0.1, 0.15) is 12.2 Å². The smallest absolute Gasteiger partial charge is 0.285 e. The summed E-state index contributed by atoms with van der Waals surface area (Å²) in [5, 5.41) is 1.72. The summed E-state index contributed by atoms with van der Waals surface area (Å²) in [6, 6.07) is 11.9. The molecule has 102 valence electrons. The molecule has 3 aromatic rings. The van der Waals surface area contributed by atoms with Gasteiger partial charge in [-0.2, -0.15) is 0 Å². The van der Waals surface area contributed by atoms with E-state index in [9.17, 15) is 0 Å². The molecule has 20 heavy (non-hydrogen) atoms. The average molecular weight is 332 g/mol. The van der Waals surface area contributed by atoms with Crippen LogP contribution in [0.5, 0.6) is 5.95 Å². The van der Waals surface area contributed by atoms with E-state index in [4.69, 9.17) is 9.15 Å². The molecule has 0 radical (unpaired) electrons. The van der Waals surface area contributed by atoms with Crippen LogP contribution in [-0.4, -0.2) is 4.98 Å². The van der Waals surface area contributed by atoms with Gasteiger partial charge in [0.2, 0.25) is 0 Å². The van der Waals surface area contributed by atoms with E-state index in [1.54, 1.807) is 0 Å². The topological polar surface area (TPSA) is 35.3 Å². The summed E-state index contributed by atoms with van der Waals surface area (Å²) in [5.74, 6) is 0.530. The first-order valence-corrected chi connectivity index (χ1v) is 7.51. The number of aryl methyl sites for hydroxylation is 1. The van der Waals surface area contributed by atoms with Crippen molar-refractivity contribution in [2.75, 3.05) is 0 Å². The third-order valence-electron chi connectivity index (χ3n) is 3.17. The van der Waals surface area contributed by atoms with Crippen LogP contribution >= 0.6 is 15.9 Å². The Morgan fingerprint density at radius 3 is 2.80 bits per heavy atom. The van der Waals surface area contributed by atoms with Crippen molar-refractivity contribution in [3.05, 3.63) is 59.4 Å². The summed E-state index contributed by atoms with van der Waals surface area (Å²) in [7, 11) is 0. The normalized spacial score (nSPS) is 10.9. The predicted octanol–water partition coefficient (Wildman–Crippen LogP) is 4.61. The molecule has 0 atom stereocenters. The van der Waals surface area contributed by atoms with Crippen LogP contribution in [0.25, 0.3) is 11.0 Å². The Morgan fingerprint density at radius 1 is 1.25 bits per heavy atom. The van der Waals surface area contributed by atoms with Crippen LogP contribution in [0.15, 0.2) is 47.0 Å². The monoisotopic (exact) mass is 331 g/mol. The zero-order valence-electron chi connectivity index (χ0n) is 11.1. The van der Waals surface area contributed by atoms with Crippen molar-refractivity contribution in [1.29, 1.82) is 0 Å². The molecule has 0 N–H and O–H groups in total. The Hall–Kier alpha value is -1.81. The van der Waals surface area contributed by atoms with Crippen LogP contribution in [0.1, 0.15) is 16.8 Å². The first-order chi connectivity index (χ1) is 9.78. The average Bonchev–Trinajstić information content (AvgIpc) is 2.92. The highest BCUT2D eigenvalue weighted by molar-refractivity contribution is 9.08. The maximum Gasteiger partial charge on any atom is 0.285 e. The number of nitrogens with zero attached hydrogens (tertiary/aromatic N) is 1. The highest BCUT2D eigenvalue weighted by Crippen LogP contribution is 2.30. The van der Waals surface area contributed by atoms with E-state index >= 15 is 0 Å². The van der Waals surface area contributed by atoms with E-state index in [1.165, 1.54) is 0 Å². The van der Waals surface area contributed by atoms with Gasteiger partial charge < -0.3 is 9.15 Å². The van der Waals surface area contributed by atoms with Gasteiger partial charge in [0.15, 0.2) is 0 Å². The number of furan rings is 1. The van der Waals surface area contributed by atoms with Gasteiger partial charge in [0.05, 0.1) is 0 Å². The lowest BCUT2D eigenvalue weighted by atomic mass is 10.2. The lowest BCUT2D eigenvalue weighted by molar-refractivity contribution is 0.239. The minimum atomic E-state index is 0.497. The summed E-state index contributed by atoms with van der Waals surface area (Å²) in [4.78, 5) is 4.36. The third kappa shape index (κ3) is 2.56. The molecule has 0 aliphatic heterocycles. The molecule has 1 aromatic carbocycles. The fourth-order valence-electron chi connectivity index (χ4n) is 2.07. The lowest BCUT2D eigenvalue weighted by Crippen LogP contribution is -1.93. The van der Waals surface area contributed by atoms with E-state index in [0.29, 0.717) is 17.9 Å². The summed E-state index contributed by atoms with van der Waals surface area (Å²) in [6.45, 7) is 2.47. The summed E-state index contributed by atoms with van der Waals surface area (Å²) >= 11 is 3.45. The maximum atomic E-state index is 5.80. The molecular formula is C16H14BrNO2. The number of pyridine rings is 1. The first-order valence-electron chi connectivity index (χ1n) is 6.38. The zero-order valence-corrected chi connectivity index (χ0v) is 12.7. The van der Waals surface area contributed by atoms with Gasteiger partial charge in [-0.1, -0.05) is 46.3 Å². The Morgan fingerprint density at radius 2 is 2.05 bits per heavy atom. The fraction of sp³-hybridized carbons (Fsp3) is 0.188. The molecule has 0 aliphatic rings. The van der Waals surface area contributed by atoms with E-state index in [2.05, 4.69) is 20.9 Å². The van der Waals surface area contributed by atoms with Crippen LogP contribution in [-0.2, 0) is 11.9 Å². The van der Waals surface area contributed by atoms with Crippen molar-refractivity contribution in [3.8, 4) is 5.95 Å². The molecule has 0 bridgehead atoms. The van der Waals surface area contributed by atoms with Crippen LogP contribution in [0.4, 0.5) is 0 Å². The first kappa shape index (κ1) is 13.2. The molecule has 0 fully saturated rings. The molecule has 3 nitrogen and oxygen atoms in total. The van der Waals surface area contributed by atoms with Gasteiger partial charge >= 0.3 is 0 Å². The molecule has 2 aromatic heterocycles. The number of hydrogen-bond donors (Lipinski definition) is 0. The van der Waals surface area contributed by atoms with Gasteiger partial charge in [0.25, 0.3) is 5.95 Å². The molecule has 0 saturated heterocycles. The predicted molar refractivity (Wildman–Crippen MR) is 82.2 cm³/mol. The Bertz CT molecular complexity index is 722. The molecule has 0 unspecified atom stereocenters. The van der Waals surface area contributed by atoms with Crippen molar-refractivity contribution < 1.29 is 9.15 Å². The fourth-order valence-corrected chi connectivity index (χ4v) is 2.47. The van der Waals surface area contributed by atoms with Crippen molar-refractivity contribution in [2.45, 2.75) is 18.9 Å². The van der Waals surface area contributed by atoms with Crippen LogP contribution in [0, 0.1) is 6.92 Å². The number of ether oxygens (including phenoxy) is 1. The number of aromatic nitrogens is 1. The second kappa shape index (κ2) is 5.67. The molecule has 0 amide bonds. The zero-order chi connectivity index (χ0) is 13.9. The maximum absolute atomic E-state index is 5.80. The van der Waals surface area contributed by atoms with Crippen molar-refractivity contribution in [2.24, 2.45) is 0 Å². The van der Waals surface area contributed by atoms with Crippen LogP contribution in [0.2, 0.25) is 0 Å². The Kier molecular flexibility index (Phi) is 3.74.